The summed E-state index contributed by atoms with van der Waals surface area (Å²) in [5, 5.41) is 9.07. The van der Waals surface area contributed by atoms with Crippen LogP contribution in [0.15, 0.2) is 12.1 Å². The van der Waals surface area contributed by atoms with Crippen molar-refractivity contribution in [1.29, 1.82) is 0 Å². The molecule has 0 unspecified atom stereocenters. The lowest BCUT2D eigenvalue weighted by Crippen LogP contribution is -2.37. The first kappa shape index (κ1) is 22.1. The van der Waals surface area contributed by atoms with Gasteiger partial charge in [-0.3, -0.25) is 19.0 Å². The summed E-state index contributed by atoms with van der Waals surface area (Å²) in [5.41, 5.74) is 2.90. The third-order valence-electron chi connectivity index (χ3n) is 5.46. The van der Waals surface area contributed by atoms with E-state index in [1.54, 1.807) is 14.3 Å². The van der Waals surface area contributed by atoms with Gasteiger partial charge >= 0.3 is 5.97 Å². The van der Waals surface area contributed by atoms with Gasteiger partial charge in [-0.2, -0.15) is 10.2 Å². The summed E-state index contributed by atoms with van der Waals surface area (Å²) in [7, 11) is 1.89. The van der Waals surface area contributed by atoms with Gasteiger partial charge in [-0.1, -0.05) is 0 Å². The smallest absolute Gasteiger partial charge is 0.309 e. The van der Waals surface area contributed by atoms with E-state index < -0.39 is 0 Å². The molecule has 0 aromatic carbocycles. The first-order valence-corrected chi connectivity index (χ1v) is 10.5. The SMILES string of the molecule is CCOC(=O)[C@@H]1C[C@H]1CN(Cc1cc(C)n(C)n1)C(=O)c1cc(C)nn1C(C)(C)C. The Morgan fingerprint density at radius 1 is 1.23 bits per heavy atom. The third kappa shape index (κ3) is 4.74. The zero-order valence-electron chi connectivity index (χ0n) is 19.1. The molecule has 0 bridgehead atoms. The Bertz CT molecular complexity index is 918. The van der Waals surface area contributed by atoms with E-state index >= 15 is 0 Å². The number of ether oxygens (including phenoxy) is 1. The van der Waals surface area contributed by atoms with Crippen LogP contribution in [0, 0.1) is 25.7 Å². The van der Waals surface area contributed by atoms with Crippen molar-refractivity contribution in [3.8, 4) is 0 Å². The van der Waals surface area contributed by atoms with Gasteiger partial charge in [-0.25, -0.2) is 0 Å². The molecule has 0 N–H and O–H groups in total. The van der Waals surface area contributed by atoms with Crippen LogP contribution in [0.1, 0.15) is 61.7 Å². The van der Waals surface area contributed by atoms with E-state index in [9.17, 15) is 9.59 Å². The van der Waals surface area contributed by atoms with Gasteiger partial charge in [-0.05, 0) is 66.0 Å². The highest BCUT2D eigenvalue weighted by Crippen LogP contribution is 2.40. The number of hydrogen-bond donors (Lipinski definition) is 0. The lowest BCUT2D eigenvalue weighted by Gasteiger charge is -2.26. The van der Waals surface area contributed by atoms with Gasteiger partial charge in [0.1, 0.15) is 5.69 Å². The van der Waals surface area contributed by atoms with E-state index in [2.05, 4.69) is 10.2 Å². The maximum atomic E-state index is 13.6. The Hall–Kier alpha value is -2.64. The Balaban J connectivity index is 1.86. The maximum Gasteiger partial charge on any atom is 0.309 e. The fourth-order valence-electron chi connectivity index (χ4n) is 3.72. The molecular weight excluding hydrogens is 382 g/mol. The topological polar surface area (TPSA) is 82.2 Å². The molecule has 1 aliphatic carbocycles. The fraction of sp³-hybridized carbons (Fsp3) is 0.636. The van der Waals surface area contributed by atoms with Crippen molar-refractivity contribution in [2.45, 2.75) is 60.0 Å². The van der Waals surface area contributed by atoms with E-state index in [0.717, 1.165) is 23.5 Å². The number of aromatic nitrogens is 4. The van der Waals surface area contributed by atoms with Crippen LogP contribution in [0.5, 0.6) is 0 Å². The van der Waals surface area contributed by atoms with Crippen molar-refractivity contribution in [3.05, 3.63) is 34.9 Å². The van der Waals surface area contributed by atoms with Gasteiger partial charge < -0.3 is 9.64 Å². The average Bonchev–Trinajstić information content (AvgIpc) is 3.18. The van der Waals surface area contributed by atoms with Gasteiger partial charge in [0.15, 0.2) is 0 Å². The summed E-state index contributed by atoms with van der Waals surface area (Å²) in [5.74, 6) is -0.271. The van der Waals surface area contributed by atoms with E-state index in [1.807, 2.05) is 60.7 Å². The number of hydrogen-bond acceptors (Lipinski definition) is 5. The second kappa shape index (κ2) is 8.24. The highest BCUT2D eigenvalue weighted by molar-refractivity contribution is 5.93. The van der Waals surface area contributed by atoms with E-state index in [-0.39, 0.29) is 29.3 Å². The molecule has 2 aromatic rings. The summed E-state index contributed by atoms with van der Waals surface area (Å²) in [4.78, 5) is 27.5. The van der Waals surface area contributed by atoms with Gasteiger partial charge in [0.25, 0.3) is 5.91 Å². The minimum atomic E-state index is -0.320. The molecule has 8 nitrogen and oxygen atoms in total. The molecule has 0 aliphatic heterocycles. The van der Waals surface area contributed by atoms with E-state index in [1.165, 1.54) is 0 Å². The summed E-state index contributed by atoms with van der Waals surface area (Å²) in [6.45, 7) is 13.0. The molecule has 1 fully saturated rings. The van der Waals surface area contributed by atoms with Crippen LogP contribution in [0.25, 0.3) is 0 Å². The first-order chi connectivity index (χ1) is 14.0. The lowest BCUT2D eigenvalue weighted by atomic mass is 10.1. The molecular formula is C22H33N5O3. The van der Waals surface area contributed by atoms with Gasteiger partial charge in [0.2, 0.25) is 0 Å². The largest absolute Gasteiger partial charge is 0.466 e. The molecule has 2 heterocycles. The van der Waals surface area contributed by atoms with Crippen LogP contribution in [0.3, 0.4) is 0 Å². The summed E-state index contributed by atoms with van der Waals surface area (Å²) in [6.07, 6.45) is 0.751. The fourth-order valence-corrected chi connectivity index (χ4v) is 3.72. The minimum Gasteiger partial charge on any atom is -0.466 e. The molecule has 1 amide bonds. The zero-order chi connectivity index (χ0) is 22.2. The zero-order valence-corrected chi connectivity index (χ0v) is 19.1. The highest BCUT2D eigenvalue weighted by atomic mass is 16.5. The summed E-state index contributed by atoms with van der Waals surface area (Å²) in [6, 6.07) is 3.82. The Kier molecular flexibility index (Phi) is 6.06. The quantitative estimate of drug-likeness (QED) is 0.650. The third-order valence-corrected chi connectivity index (χ3v) is 5.46. The van der Waals surface area contributed by atoms with Gasteiger partial charge in [-0.15, -0.1) is 0 Å². The van der Waals surface area contributed by atoms with Crippen molar-refractivity contribution >= 4 is 11.9 Å². The van der Waals surface area contributed by atoms with Crippen LogP contribution in [-0.2, 0) is 28.7 Å². The molecule has 0 saturated heterocycles. The number of carbonyl (C=O) groups excluding carboxylic acids is 2. The van der Waals surface area contributed by atoms with Crippen molar-refractivity contribution in [2.24, 2.45) is 18.9 Å². The molecule has 2 atom stereocenters. The van der Waals surface area contributed by atoms with Crippen LogP contribution in [0.4, 0.5) is 0 Å². The second-order valence-electron chi connectivity index (χ2n) is 9.19. The predicted molar refractivity (Wildman–Crippen MR) is 113 cm³/mol. The maximum absolute atomic E-state index is 13.6. The van der Waals surface area contributed by atoms with E-state index in [0.29, 0.717) is 25.4 Å². The monoisotopic (exact) mass is 415 g/mol. The number of rotatable bonds is 7. The molecule has 0 spiro atoms. The van der Waals surface area contributed by atoms with E-state index in [4.69, 9.17) is 4.74 Å². The predicted octanol–water partition coefficient (Wildman–Crippen LogP) is 2.83. The molecule has 3 rings (SSSR count). The van der Waals surface area contributed by atoms with Crippen LogP contribution >= 0.6 is 0 Å². The highest BCUT2D eigenvalue weighted by Gasteiger charge is 2.46. The lowest BCUT2D eigenvalue weighted by molar-refractivity contribution is -0.145. The van der Waals surface area contributed by atoms with Crippen LogP contribution in [-0.4, -0.2) is 49.5 Å². The number of nitrogens with zero attached hydrogens (tertiary/aromatic N) is 5. The number of carbonyl (C=O) groups is 2. The Labute approximate surface area is 178 Å². The van der Waals surface area contributed by atoms with Gasteiger partial charge in [0, 0.05) is 19.3 Å². The Morgan fingerprint density at radius 2 is 1.93 bits per heavy atom. The second-order valence-corrected chi connectivity index (χ2v) is 9.19. The molecule has 30 heavy (non-hydrogen) atoms. The molecule has 2 aromatic heterocycles. The summed E-state index contributed by atoms with van der Waals surface area (Å²) < 4.78 is 8.75. The molecule has 8 heteroatoms. The average molecular weight is 416 g/mol. The molecule has 0 radical (unpaired) electrons. The van der Waals surface area contributed by atoms with Crippen molar-refractivity contribution in [1.82, 2.24) is 24.5 Å². The molecule has 1 saturated carbocycles. The number of aryl methyl sites for hydroxylation is 3. The minimum absolute atomic E-state index is 0.0941. The normalized spacial score (nSPS) is 18.4. The molecule has 1 aliphatic rings. The number of amides is 1. The van der Waals surface area contributed by atoms with Crippen molar-refractivity contribution in [3.63, 3.8) is 0 Å². The number of esters is 1. The van der Waals surface area contributed by atoms with Crippen molar-refractivity contribution in [2.75, 3.05) is 13.2 Å². The van der Waals surface area contributed by atoms with Crippen molar-refractivity contribution < 1.29 is 14.3 Å². The van der Waals surface area contributed by atoms with Gasteiger partial charge in [0.05, 0.1) is 36.0 Å². The molecule has 164 valence electrons. The Morgan fingerprint density at radius 3 is 2.50 bits per heavy atom. The van der Waals surface area contributed by atoms with Crippen LogP contribution < -0.4 is 0 Å². The van der Waals surface area contributed by atoms with Crippen LogP contribution in [0.2, 0.25) is 0 Å². The standard InChI is InChI=1S/C22H33N5O3/c1-8-30-21(29)18-11-16(18)12-26(13-17-10-15(3)25(7)24-17)20(28)19-9-14(2)23-27(19)22(4,5)6/h9-10,16,18H,8,11-13H2,1-7H3/t16-,18+/m0/s1. The summed E-state index contributed by atoms with van der Waals surface area (Å²) >= 11 is 0. The first-order valence-electron chi connectivity index (χ1n) is 10.5.